The van der Waals surface area contributed by atoms with Gasteiger partial charge in [-0.3, -0.25) is 4.79 Å². The molecule has 5 nitrogen and oxygen atoms in total. The van der Waals surface area contributed by atoms with Crippen LogP contribution >= 0.6 is 0 Å². The quantitative estimate of drug-likeness (QED) is 0.640. The molecule has 0 saturated carbocycles. The predicted octanol–water partition coefficient (Wildman–Crippen LogP) is -0.214. The third kappa shape index (κ3) is 3.66. The van der Waals surface area contributed by atoms with Gasteiger partial charge in [0, 0.05) is 19.6 Å². The molecule has 0 aromatic rings. The molecular formula is C12H22N2O3. The molecule has 2 heterocycles. The highest BCUT2D eigenvalue weighted by Crippen LogP contribution is 2.17. The molecule has 2 unspecified atom stereocenters. The molecule has 0 aromatic heterocycles. The lowest BCUT2D eigenvalue weighted by Crippen LogP contribution is -2.49. The number of ether oxygens (including phenoxy) is 1. The molecule has 0 aliphatic carbocycles. The van der Waals surface area contributed by atoms with E-state index in [1.54, 1.807) is 0 Å². The van der Waals surface area contributed by atoms with Crippen LogP contribution in [0.5, 0.6) is 0 Å². The fourth-order valence-electron chi connectivity index (χ4n) is 2.36. The van der Waals surface area contributed by atoms with Gasteiger partial charge in [-0.15, -0.1) is 0 Å². The molecule has 0 radical (unpaired) electrons. The maximum Gasteiger partial charge on any atom is 0.237 e. The van der Waals surface area contributed by atoms with Gasteiger partial charge < -0.3 is 20.5 Å². The average molecular weight is 242 g/mol. The molecule has 3 N–H and O–H groups in total. The zero-order chi connectivity index (χ0) is 12.1. The number of rotatable bonds is 3. The van der Waals surface area contributed by atoms with E-state index in [1.165, 1.54) is 6.42 Å². The molecular weight excluding hydrogens is 220 g/mol. The van der Waals surface area contributed by atoms with E-state index in [0.717, 1.165) is 25.8 Å². The topological polar surface area (TPSA) is 70.6 Å². The lowest BCUT2D eigenvalue weighted by atomic mass is 10.0. The Morgan fingerprint density at radius 2 is 2.35 bits per heavy atom. The average Bonchev–Trinajstić information content (AvgIpc) is 2.60. The Balaban J connectivity index is 1.75. The third-order valence-corrected chi connectivity index (χ3v) is 3.55. The van der Waals surface area contributed by atoms with Crippen molar-refractivity contribution in [2.45, 2.75) is 43.7 Å². The molecule has 0 bridgehead atoms. The van der Waals surface area contributed by atoms with Gasteiger partial charge in [-0.25, -0.2) is 0 Å². The Morgan fingerprint density at radius 1 is 1.47 bits per heavy atom. The zero-order valence-corrected chi connectivity index (χ0v) is 10.2. The molecule has 2 fully saturated rings. The van der Waals surface area contributed by atoms with Crippen LogP contribution < -0.4 is 10.6 Å². The van der Waals surface area contributed by atoms with E-state index in [1.807, 2.05) is 0 Å². The first kappa shape index (κ1) is 12.8. The molecule has 17 heavy (non-hydrogen) atoms. The summed E-state index contributed by atoms with van der Waals surface area (Å²) in [4.78, 5) is 11.9. The minimum atomic E-state index is -0.861. The normalized spacial score (nSPS) is 34.3. The molecule has 2 atom stereocenters. The van der Waals surface area contributed by atoms with Gasteiger partial charge in [0.25, 0.3) is 0 Å². The first-order valence-corrected chi connectivity index (χ1v) is 6.51. The standard InChI is InChI=1S/C12H22N2O3/c15-11(10-4-2-1-3-6-13-10)14-8-12(16)5-7-17-9-12/h10,13,16H,1-9H2,(H,14,15). The van der Waals surface area contributed by atoms with Gasteiger partial charge in [-0.2, -0.15) is 0 Å². The van der Waals surface area contributed by atoms with Crippen molar-refractivity contribution in [2.24, 2.45) is 0 Å². The number of hydrogen-bond acceptors (Lipinski definition) is 4. The monoisotopic (exact) mass is 242 g/mol. The van der Waals surface area contributed by atoms with Crippen molar-refractivity contribution in [2.75, 3.05) is 26.3 Å². The lowest BCUT2D eigenvalue weighted by molar-refractivity contribution is -0.124. The van der Waals surface area contributed by atoms with Crippen molar-refractivity contribution in [3.05, 3.63) is 0 Å². The van der Waals surface area contributed by atoms with Crippen molar-refractivity contribution < 1.29 is 14.6 Å². The van der Waals surface area contributed by atoms with Gasteiger partial charge in [0.15, 0.2) is 0 Å². The van der Waals surface area contributed by atoms with Gasteiger partial charge in [-0.1, -0.05) is 12.8 Å². The number of aliphatic hydroxyl groups is 1. The molecule has 98 valence electrons. The maximum absolute atomic E-state index is 11.9. The van der Waals surface area contributed by atoms with Crippen LogP contribution in [0, 0.1) is 0 Å². The summed E-state index contributed by atoms with van der Waals surface area (Å²) < 4.78 is 5.14. The van der Waals surface area contributed by atoms with Gasteiger partial charge in [-0.05, 0) is 19.4 Å². The van der Waals surface area contributed by atoms with Gasteiger partial charge in [0.2, 0.25) is 5.91 Å². The summed E-state index contributed by atoms with van der Waals surface area (Å²) in [6, 6.07) is -0.0941. The molecule has 2 saturated heterocycles. The number of nitrogens with one attached hydrogen (secondary N) is 2. The summed E-state index contributed by atoms with van der Waals surface area (Å²) in [5.41, 5.74) is -0.861. The van der Waals surface area contributed by atoms with Crippen LogP contribution in [0.3, 0.4) is 0 Å². The molecule has 1 amide bonds. The highest BCUT2D eigenvalue weighted by molar-refractivity contribution is 5.81. The summed E-state index contributed by atoms with van der Waals surface area (Å²) in [5.74, 6) is 0.00669. The van der Waals surface area contributed by atoms with E-state index in [-0.39, 0.29) is 11.9 Å². The van der Waals surface area contributed by atoms with Crippen LogP contribution in [-0.2, 0) is 9.53 Å². The summed E-state index contributed by atoms with van der Waals surface area (Å²) in [7, 11) is 0. The fraction of sp³-hybridized carbons (Fsp3) is 0.917. The Bertz CT molecular complexity index is 256. The Morgan fingerprint density at radius 3 is 3.12 bits per heavy atom. The first-order valence-electron chi connectivity index (χ1n) is 6.51. The number of carbonyl (C=O) groups excluding carboxylic acids is 1. The smallest absolute Gasteiger partial charge is 0.237 e. The second-order valence-electron chi connectivity index (χ2n) is 5.10. The summed E-state index contributed by atoms with van der Waals surface area (Å²) >= 11 is 0. The van der Waals surface area contributed by atoms with E-state index in [9.17, 15) is 9.90 Å². The Kier molecular flexibility index (Phi) is 4.36. The SMILES string of the molecule is O=C(NCC1(O)CCOC1)C1CCCCCN1. The lowest BCUT2D eigenvalue weighted by Gasteiger charge is -2.23. The van der Waals surface area contributed by atoms with Crippen molar-refractivity contribution in [1.29, 1.82) is 0 Å². The molecule has 2 aliphatic heterocycles. The van der Waals surface area contributed by atoms with Crippen LogP contribution in [0.2, 0.25) is 0 Å². The molecule has 2 rings (SSSR count). The molecule has 5 heteroatoms. The first-order chi connectivity index (χ1) is 8.20. The predicted molar refractivity (Wildman–Crippen MR) is 63.7 cm³/mol. The number of amides is 1. The van der Waals surface area contributed by atoms with E-state index in [2.05, 4.69) is 10.6 Å². The minimum absolute atomic E-state index is 0.00669. The Hall–Kier alpha value is -0.650. The largest absolute Gasteiger partial charge is 0.386 e. The fourth-order valence-corrected chi connectivity index (χ4v) is 2.36. The van der Waals surface area contributed by atoms with Gasteiger partial charge in [0.05, 0.1) is 12.6 Å². The van der Waals surface area contributed by atoms with E-state index in [0.29, 0.717) is 26.2 Å². The molecule has 0 aromatic carbocycles. The van der Waals surface area contributed by atoms with Crippen molar-refractivity contribution in [3.63, 3.8) is 0 Å². The summed E-state index contributed by atoms with van der Waals surface area (Å²) in [6.45, 7) is 2.11. The highest BCUT2D eigenvalue weighted by Gasteiger charge is 2.33. The van der Waals surface area contributed by atoms with E-state index < -0.39 is 5.60 Å². The number of carbonyl (C=O) groups is 1. The number of hydrogen-bond donors (Lipinski definition) is 3. The zero-order valence-electron chi connectivity index (χ0n) is 10.2. The van der Waals surface area contributed by atoms with E-state index >= 15 is 0 Å². The Labute approximate surface area is 102 Å². The maximum atomic E-state index is 11.9. The van der Waals surface area contributed by atoms with Crippen LogP contribution in [0.4, 0.5) is 0 Å². The van der Waals surface area contributed by atoms with Crippen LogP contribution in [0.15, 0.2) is 0 Å². The van der Waals surface area contributed by atoms with Crippen molar-refractivity contribution >= 4 is 5.91 Å². The molecule has 2 aliphatic rings. The third-order valence-electron chi connectivity index (χ3n) is 3.55. The minimum Gasteiger partial charge on any atom is -0.386 e. The van der Waals surface area contributed by atoms with E-state index in [4.69, 9.17) is 4.74 Å². The second kappa shape index (κ2) is 5.80. The van der Waals surface area contributed by atoms with Gasteiger partial charge >= 0.3 is 0 Å². The highest BCUT2D eigenvalue weighted by atomic mass is 16.5. The van der Waals surface area contributed by atoms with Crippen LogP contribution in [0.1, 0.15) is 32.1 Å². The molecule has 0 spiro atoms. The summed E-state index contributed by atoms with van der Waals surface area (Å²) in [5, 5.41) is 16.1. The summed E-state index contributed by atoms with van der Waals surface area (Å²) in [6.07, 6.45) is 4.92. The van der Waals surface area contributed by atoms with Gasteiger partial charge in [0.1, 0.15) is 5.60 Å². The van der Waals surface area contributed by atoms with Crippen LogP contribution in [-0.4, -0.2) is 49.0 Å². The van der Waals surface area contributed by atoms with Crippen molar-refractivity contribution in [3.8, 4) is 0 Å². The van der Waals surface area contributed by atoms with Crippen LogP contribution in [0.25, 0.3) is 0 Å². The second-order valence-corrected chi connectivity index (χ2v) is 5.10. The van der Waals surface area contributed by atoms with Crippen molar-refractivity contribution in [1.82, 2.24) is 10.6 Å².